The van der Waals surface area contributed by atoms with Crippen LogP contribution in [0.4, 0.5) is 10.1 Å². The zero-order chi connectivity index (χ0) is 17.9. The van der Waals surface area contributed by atoms with Crippen LogP contribution in [-0.2, 0) is 14.4 Å². The van der Waals surface area contributed by atoms with Crippen LogP contribution in [0.5, 0.6) is 0 Å². The number of carbonyl (C=O) groups is 3. The molecule has 0 bridgehead atoms. The number of amides is 2. The van der Waals surface area contributed by atoms with Gasteiger partial charge in [-0.3, -0.25) is 9.59 Å². The third-order valence-electron chi connectivity index (χ3n) is 3.98. The van der Waals surface area contributed by atoms with Crippen molar-refractivity contribution in [1.82, 2.24) is 5.32 Å². The molecule has 0 spiro atoms. The van der Waals surface area contributed by atoms with Gasteiger partial charge in [0.2, 0.25) is 11.8 Å². The van der Waals surface area contributed by atoms with Crippen molar-refractivity contribution in [2.75, 3.05) is 11.4 Å². The summed E-state index contributed by atoms with van der Waals surface area (Å²) < 4.78 is 13.0. The molecule has 2 rings (SSSR count). The third-order valence-corrected chi connectivity index (χ3v) is 3.98. The molecule has 1 saturated heterocycles. The van der Waals surface area contributed by atoms with Crippen LogP contribution in [0.3, 0.4) is 0 Å². The normalized spacial score (nSPS) is 18.8. The highest BCUT2D eigenvalue weighted by molar-refractivity contribution is 6.10. The monoisotopic (exact) mass is 336 g/mol. The summed E-state index contributed by atoms with van der Waals surface area (Å²) in [4.78, 5) is 37.4. The van der Waals surface area contributed by atoms with Crippen LogP contribution in [0.1, 0.15) is 26.7 Å². The van der Waals surface area contributed by atoms with Crippen LogP contribution in [0.2, 0.25) is 0 Å². The van der Waals surface area contributed by atoms with E-state index in [0.717, 1.165) is 0 Å². The fourth-order valence-corrected chi connectivity index (χ4v) is 2.77. The van der Waals surface area contributed by atoms with Gasteiger partial charge in [0.1, 0.15) is 17.8 Å². The zero-order valence-corrected chi connectivity index (χ0v) is 13.7. The Labute approximate surface area is 139 Å². The minimum Gasteiger partial charge on any atom is -0.480 e. The van der Waals surface area contributed by atoms with Gasteiger partial charge >= 0.3 is 5.97 Å². The molecule has 0 aromatic heterocycles. The Balaban J connectivity index is 2.04. The van der Waals surface area contributed by atoms with Crippen molar-refractivity contribution in [2.45, 2.75) is 32.7 Å². The number of carbonyl (C=O) groups excluding carboxylic acids is 2. The second kappa shape index (κ2) is 7.42. The number of nitrogens with zero attached hydrogens (tertiary/aromatic N) is 1. The molecule has 0 radical (unpaired) electrons. The molecule has 0 aliphatic carbocycles. The second-order valence-corrected chi connectivity index (χ2v) is 6.34. The van der Waals surface area contributed by atoms with Gasteiger partial charge in [-0.2, -0.15) is 0 Å². The predicted octanol–water partition coefficient (Wildman–Crippen LogP) is 1.79. The minimum atomic E-state index is -1.11. The fourth-order valence-electron chi connectivity index (χ4n) is 2.77. The van der Waals surface area contributed by atoms with E-state index < -0.39 is 35.6 Å². The molecule has 2 atom stereocenters. The number of carboxylic acids is 1. The summed E-state index contributed by atoms with van der Waals surface area (Å²) in [5.41, 5.74) is 0.522. The van der Waals surface area contributed by atoms with E-state index in [-0.39, 0.29) is 5.92 Å². The Morgan fingerprint density at radius 1 is 1.33 bits per heavy atom. The highest BCUT2D eigenvalue weighted by Crippen LogP contribution is 2.25. The van der Waals surface area contributed by atoms with E-state index in [2.05, 4.69) is 5.32 Å². The number of rotatable bonds is 6. The molecule has 24 heavy (non-hydrogen) atoms. The maximum Gasteiger partial charge on any atom is 0.326 e. The molecule has 1 aliphatic rings. The summed E-state index contributed by atoms with van der Waals surface area (Å²) >= 11 is 0. The molecule has 0 saturated carbocycles. The predicted molar refractivity (Wildman–Crippen MR) is 85.9 cm³/mol. The number of anilines is 1. The van der Waals surface area contributed by atoms with Gasteiger partial charge in [0.15, 0.2) is 0 Å². The Morgan fingerprint density at radius 3 is 2.50 bits per heavy atom. The van der Waals surface area contributed by atoms with Gasteiger partial charge in [-0.25, -0.2) is 9.18 Å². The van der Waals surface area contributed by atoms with Gasteiger partial charge in [-0.05, 0) is 43.0 Å². The van der Waals surface area contributed by atoms with Gasteiger partial charge in [0.05, 0.1) is 0 Å². The summed E-state index contributed by atoms with van der Waals surface area (Å²) in [5.74, 6) is -3.30. The minimum absolute atomic E-state index is 0.0985. The van der Waals surface area contributed by atoms with E-state index in [1.165, 1.54) is 29.2 Å². The smallest absolute Gasteiger partial charge is 0.326 e. The Bertz CT molecular complexity index is 630. The van der Waals surface area contributed by atoms with Gasteiger partial charge in [-0.15, -0.1) is 0 Å². The number of hydrogen-bond donors (Lipinski definition) is 2. The van der Waals surface area contributed by atoms with Crippen molar-refractivity contribution >= 4 is 23.5 Å². The number of nitrogens with one attached hydrogen (secondary N) is 1. The largest absolute Gasteiger partial charge is 0.480 e. The summed E-state index contributed by atoms with van der Waals surface area (Å²) in [5, 5.41) is 11.6. The van der Waals surface area contributed by atoms with E-state index in [1.807, 2.05) is 13.8 Å². The van der Waals surface area contributed by atoms with Crippen LogP contribution < -0.4 is 10.2 Å². The van der Waals surface area contributed by atoms with Gasteiger partial charge < -0.3 is 15.3 Å². The van der Waals surface area contributed by atoms with Crippen LogP contribution >= 0.6 is 0 Å². The molecule has 1 fully saturated rings. The van der Waals surface area contributed by atoms with E-state index in [0.29, 0.717) is 25.1 Å². The third kappa shape index (κ3) is 4.10. The van der Waals surface area contributed by atoms with Crippen LogP contribution in [0.25, 0.3) is 0 Å². The molecule has 1 aromatic carbocycles. The topological polar surface area (TPSA) is 86.7 Å². The quantitative estimate of drug-likeness (QED) is 0.776. The molecule has 130 valence electrons. The summed E-state index contributed by atoms with van der Waals surface area (Å²) in [6, 6.07) is 4.45. The SMILES string of the molecule is CC(C)C[C@H](NC(=O)C1CCN(c2ccc(F)cc2)C1=O)C(=O)O. The lowest BCUT2D eigenvalue weighted by atomic mass is 10.0. The van der Waals surface area contributed by atoms with Gasteiger partial charge in [0.25, 0.3) is 0 Å². The molecule has 1 aliphatic heterocycles. The molecular weight excluding hydrogens is 315 g/mol. The van der Waals surface area contributed by atoms with Crippen LogP contribution in [0, 0.1) is 17.7 Å². The average Bonchev–Trinajstić information content (AvgIpc) is 2.88. The van der Waals surface area contributed by atoms with E-state index in [9.17, 15) is 23.9 Å². The maximum atomic E-state index is 13.0. The summed E-state index contributed by atoms with van der Waals surface area (Å²) in [6.07, 6.45) is 0.597. The van der Waals surface area contributed by atoms with Gasteiger partial charge in [0, 0.05) is 12.2 Å². The number of aliphatic carboxylic acids is 1. The van der Waals surface area contributed by atoms with Crippen LogP contribution in [-0.4, -0.2) is 35.5 Å². The molecule has 1 heterocycles. The van der Waals surface area contributed by atoms with Crippen LogP contribution in [0.15, 0.2) is 24.3 Å². The number of benzene rings is 1. The molecule has 7 heteroatoms. The number of halogens is 1. The maximum absolute atomic E-state index is 13.0. The number of carboxylic acid groups (broad SMARTS) is 1. The van der Waals surface area contributed by atoms with Crippen molar-refractivity contribution in [3.63, 3.8) is 0 Å². The molecular formula is C17H21FN2O4. The highest BCUT2D eigenvalue weighted by atomic mass is 19.1. The van der Waals surface area contributed by atoms with Gasteiger partial charge in [-0.1, -0.05) is 13.8 Å². The van der Waals surface area contributed by atoms with Crippen molar-refractivity contribution in [3.8, 4) is 0 Å². The molecule has 2 amide bonds. The first-order valence-electron chi connectivity index (χ1n) is 7.89. The molecule has 6 nitrogen and oxygen atoms in total. The average molecular weight is 336 g/mol. The van der Waals surface area contributed by atoms with E-state index in [4.69, 9.17) is 0 Å². The van der Waals surface area contributed by atoms with Crippen molar-refractivity contribution in [3.05, 3.63) is 30.1 Å². The second-order valence-electron chi connectivity index (χ2n) is 6.34. The lowest BCUT2D eigenvalue weighted by molar-refractivity contribution is -0.144. The van der Waals surface area contributed by atoms with E-state index >= 15 is 0 Å². The van der Waals surface area contributed by atoms with Crippen molar-refractivity contribution in [1.29, 1.82) is 0 Å². The molecule has 1 aromatic rings. The zero-order valence-electron chi connectivity index (χ0n) is 13.7. The molecule has 2 N–H and O–H groups in total. The lowest BCUT2D eigenvalue weighted by Crippen LogP contribution is -2.46. The first-order valence-corrected chi connectivity index (χ1v) is 7.89. The Kier molecular flexibility index (Phi) is 5.54. The summed E-state index contributed by atoms with van der Waals surface area (Å²) in [6.45, 7) is 4.06. The highest BCUT2D eigenvalue weighted by Gasteiger charge is 2.39. The summed E-state index contributed by atoms with van der Waals surface area (Å²) in [7, 11) is 0. The van der Waals surface area contributed by atoms with Crippen molar-refractivity contribution < 1.29 is 23.9 Å². The number of hydrogen-bond acceptors (Lipinski definition) is 3. The fraction of sp³-hybridized carbons (Fsp3) is 0.471. The Morgan fingerprint density at radius 2 is 1.96 bits per heavy atom. The first-order chi connectivity index (χ1) is 11.3. The van der Waals surface area contributed by atoms with E-state index in [1.54, 1.807) is 0 Å². The first kappa shape index (κ1) is 17.9. The standard InChI is InChI=1S/C17H21FN2O4/c1-10(2)9-14(17(23)24)19-15(21)13-7-8-20(16(13)22)12-5-3-11(18)4-6-12/h3-6,10,13-14H,7-9H2,1-2H3,(H,19,21)(H,23,24)/t13?,14-/m0/s1. The Hall–Kier alpha value is -2.44. The molecule has 1 unspecified atom stereocenters. The lowest BCUT2D eigenvalue weighted by Gasteiger charge is -2.19. The van der Waals surface area contributed by atoms with Crippen molar-refractivity contribution in [2.24, 2.45) is 11.8 Å².